The van der Waals surface area contributed by atoms with Gasteiger partial charge in [-0.25, -0.2) is 0 Å². The maximum Gasteiger partial charge on any atom is 0.226 e. The molecule has 0 aromatic carbocycles. The fourth-order valence-electron chi connectivity index (χ4n) is 1.29. The second-order valence-electron chi connectivity index (χ2n) is 3.70. The first-order valence-electron chi connectivity index (χ1n) is 4.85. The molecule has 1 aliphatic carbocycles. The van der Waals surface area contributed by atoms with Crippen LogP contribution in [0.2, 0.25) is 0 Å². The van der Waals surface area contributed by atoms with Crippen LogP contribution in [0, 0.1) is 0 Å². The number of carbonyl (C=O) groups excluding carboxylic acids is 1. The third-order valence-corrected chi connectivity index (χ3v) is 2.44. The van der Waals surface area contributed by atoms with Crippen molar-refractivity contribution in [3.63, 3.8) is 0 Å². The van der Waals surface area contributed by atoms with Gasteiger partial charge in [0.05, 0.1) is 11.4 Å². The highest BCUT2D eigenvalue weighted by Crippen LogP contribution is 2.24. The van der Waals surface area contributed by atoms with Crippen LogP contribution in [0.1, 0.15) is 19.3 Å². The van der Waals surface area contributed by atoms with Crippen LogP contribution < -0.4 is 11.1 Å². The Labute approximate surface area is 89.8 Å². The van der Waals surface area contributed by atoms with Crippen molar-refractivity contribution in [1.82, 2.24) is 10.2 Å². The van der Waals surface area contributed by atoms with Crippen molar-refractivity contribution in [1.29, 1.82) is 0 Å². The van der Waals surface area contributed by atoms with E-state index in [0.29, 0.717) is 6.54 Å². The Balaban J connectivity index is 2.02. The number of carbonyl (C=O) groups is 1. The lowest BCUT2D eigenvalue weighted by atomic mass is 10.4. The first-order valence-corrected chi connectivity index (χ1v) is 5.25. The predicted octanol–water partition coefficient (Wildman–Crippen LogP) is -0.127. The van der Waals surface area contributed by atoms with E-state index in [9.17, 15) is 4.79 Å². The first kappa shape index (κ1) is 11.4. The number of rotatable bonds is 6. The Morgan fingerprint density at radius 1 is 1.64 bits per heavy atom. The van der Waals surface area contributed by atoms with E-state index < -0.39 is 0 Å². The second-order valence-corrected chi connectivity index (χ2v) is 4.23. The van der Waals surface area contributed by atoms with Gasteiger partial charge in [-0.3, -0.25) is 4.79 Å². The van der Waals surface area contributed by atoms with E-state index in [1.807, 2.05) is 0 Å². The molecule has 4 nitrogen and oxygen atoms in total. The van der Waals surface area contributed by atoms with Crippen molar-refractivity contribution in [3.05, 3.63) is 0 Å². The molecule has 0 aromatic heterocycles. The number of thiocarbonyl (C=S) groups is 1. The van der Waals surface area contributed by atoms with Crippen LogP contribution in [0.4, 0.5) is 0 Å². The average molecular weight is 215 g/mol. The summed E-state index contributed by atoms with van der Waals surface area (Å²) in [6.07, 6.45) is 2.73. The van der Waals surface area contributed by atoms with E-state index in [4.69, 9.17) is 5.73 Å². The van der Waals surface area contributed by atoms with E-state index in [0.717, 1.165) is 12.6 Å². The molecule has 1 saturated carbocycles. The zero-order valence-electron chi connectivity index (χ0n) is 8.45. The molecule has 14 heavy (non-hydrogen) atoms. The lowest BCUT2D eigenvalue weighted by molar-refractivity contribution is -0.119. The van der Waals surface area contributed by atoms with E-state index >= 15 is 0 Å². The molecule has 3 N–H and O–H groups in total. The zero-order chi connectivity index (χ0) is 10.6. The van der Waals surface area contributed by atoms with Crippen molar-refractivity contribution in [2.24, 2.45) is 5.73 Å². The molecule has 0 spiro atoms. The Morgan fingerprint density at radius 3 is 2.79 bits per heavy atom. The summed E-state index contributed by atoms with van der Waals surface area (Å²) in [7, 11) is 2.08. The summed E-state index contributed by atoms with van der Waals surface area (Å²) in [6.45, 7) is 1.57. The van der Waals surface area contributed by atoms with E-state index in [2.05, 4.69) is 29.5 Å². The maximum absolute atomic E-state index is 11.1. The van der Waals surface area contributed by atoms with Crippen molar-refractivity contribution in [2.75, 3.05) is 20.1 Å². The van der Waals surface area contributed by atoms with Crippen LogP contribution in [0.3, 0.4) is 0 Å². The Bertz CT molecular complexity index is 228. The number of hydrogen-bond acceptors (Lipinski definition) is 3. The molecular formula is C9H17N3OS. The van der Waals surface area contributed by atoms with E-state index in [-0.39, 0.29) is 17.3 Å². The Morgan fingerprint density at radius 2 is 2.29 bits per heavy atom. The van der Waals surface area contributed by atoms with Gasteiger partial charge in [-0.15, -0.1) is 0 Å². The van der Waals surface area contributed by atoms with Crippen molar-refractivity contribution >= 4 is 23.1 Å². The number of nitrogens with one attached hydrogen (secondary N) is 1. The topological polar surface area (TPSA) is 58.4 Å². The molecule has 0 saturated heterocycles. The summed E-state index contributed by atoms with van der Waals surface area (Å²) in [6, 6.07) is 0.738. The second kappa shape index (κ2) is 5.26. The molecule has 80 valence electrons. The maximum atomic E-state index is 11.1. The Kier molecular flexibility index (Phi) is 4.28. The average Bonchev–Trinajstić information content (AvgIpc) is 2.84. The molecule has 1 fully saturated rings. The number of amides is 1. The monoisotopic (exact) mass is 215 g/mol. The molecule has 0 aromatic rings. The van der Waals surface area contributed by atoms with Gasteiger partial charge in [-0.05, 0) is 19.9 Å². The quantitative estimate of drug-likeness (QED) is 0.606. The number of likely N-dealkylation sites (N-methyl/N-ethyl adjacent to an activating group) is 1. The fraction of sp³-hybridized carbons (Fsp3) is 0.778. The summed E-state index contributed by atoms with van der Waals surface area (Å²) in [5.41, 5.74) is 5.24. The lowest BCUT2D eigenvalue weighted by Gasteiger charge is -2.15. The van der Waals surface area contributed by atoms with Crippen molar-refractivity contribution in [3.8, 4) is 0 Å². The van der Waals surface area contributed by atoms with Gasteiger partial charge in [0.15, 0.2) is 0 Å². The highest BCUT2D eigenvalue weighted by atomic mass is 32.1. The predicted molar refractivity (Wildman–Crippen MR) is 60.1 cm³/mol. The fourth-order valence-corrected chi connectivity index (χ4v) is 1.42. The highest BCUT2D eigenvalue weighted by molar-refractivity contribution is 7.80. The van der Waals surface area contributed by atoms with E-state index in [1.54, 1.807) is 0 Å². The highest BCUT2D eigenvalue weighted by Gasteiger charge is 2.25. The number of nitrogens with two attached hydrogens (primary N) is 1. The molecule has 0 bridgehead atoms. The minimum atomic E-state index is -0.0818. The van der Waals surface area contributed by atoms with Crippen LogP contribution in [-0.4, -0.2) is 42.0 Å². The summed E-state index contributed by atoms with van der Waals surface area (Å²) >= 11 is 4.63. The molecule has 0 heterocycles. The molecule has 1 amide bonds. The van der Waals surface area contributed by atoms with Gasteiger partial charge in [-0.2, -0.15) is 0 Å². The summed E-state index contributed by atoms with van der Waals surface area (Å²) in [5.74, 6) is -0.0818. The SMILES string of the molecule is CN(CCNC(=O)CC(N)=S)C1CC1. The van der Waals surface area contributed by atoms with Crippen molar-refractivity contribution in [2.45, 2.75) is 25.3 Å². The van der Waals surface area contributed by atoms with Gasteiger partial charge in [0.2, 0.25) is 5.91 Å². The van der Waals surface area contributed by atoms with Crippen LogP contribution >= 0.6 is 12.2 Å². The zero-order valence-corrected chi connectivity index (χ0v) is 9.27. The van der Waals surface area contributed by atoms with Gasteiger partial charge < -0.3 is 16.0 Å². The van der Waals surface area contributed by atoms with Gasteiger partial charge in [0, 0.05) is 19.1 Å². The van der Waals surface area contributed by atoms with E-state index in [1.165, 1.54) is 12.8 Å². The van der Waals surface area contributed by atoms with Crippen LogP contribution in [0.5, 0.6) is 0 Å². The standard InChI is InChI=1S/C9H17N3OS/c1-12(7-2-3-7)5-4-11-9(13)6-8(10)14/h7H,2-6H2,1H3,(H2,10,14)(H,11,13). The van der Waals surface area contributed by atoms with Crippen LogP contribution in [0.25, 0.3) is 0 Å². The molecule has 5 heteroatoms. The molecular weight excluding hydrogens is 198 g/mol. The smallest absolute Gasteiger partial charge is 0.226 e. The van der Waals surface area contributed by atoms with Gasteiger partial charge in [0.1, 0.15) is 0 Å². The van der Waals surface area contributed by atoms with Gasteiger partial charge in [0.25, 0.3) is 0 Å². The minimum absolute atomic E-state index is 0.0818. The van der Waals surface area contributed by atoms with Gasteiger partial charge in [-0.1, -0.05) is 12.2 Å². The lowest BCUT2D eigenvalue weighted by Crippen LogP contribution is -2.35. The summed E-state index contributed by atoms with van der Waals surface area (Å²) in [4.78, 5) is 13.6. The van der Waals surface area contributed by atoms with Crippen LogP contribution in [0.15, 0.2) is 0 Å². The normalized spacial score (nSPS) is 15.6. The number of nitrogens with zero attached hydrogens (tertiary/aromatic N) is 1. The third kappa shape index (κ3) is 4.53. The Hall–Kier alpha value is -0.680. The molecule has 1 aliphatic rings. The molecule has 0 aliphatic heterocycles. The van der Waals surface area contributed by atoms with Crippen LogP contribution in [-0.2, 0) is 4.79 Å². The molecule has 0 atom stereocenters. The number of hydrogen-bond donors (Lipinski definition) is 2. The largest absolute Gasteiger partial charge is 0.393 e. The summed E-state index contributed by atoms with van der Waals surface area (Å²) < 4.78 is 0. The van der Waals surface area contributed by atoms with Gasteiger partial charge >= 0.3 is 0 Å². The third-order valence-electron chi connectivity index (χ3n) is 2.29. The molecule has 1 rings (SSSR count). The molecule has 0 unspecified atom stereocenters. The minimum Gasteiger partial charge on any atom is -0.393 e. The van der Waals surface area contributed by atoms with Crippen molar-refractivity contribution < 1.29 is 4.79 Å². The molecule has 0 radical (unpaired) electrons. The summed E-state index contributed by atoms with van der Waals surface area (Å²) in [5, 5.41) is 2.78. The first-order chi connectivity index (χ1) is 6.59.